The number of aryl methyl sites for hydroxylation is 4. The molecule has 2 nitrogen and oxygen atoms in total. The fourth-order valence-corrected chi connectivity index (χ4v) is 7.68. The van der Waals surface area contributed by atoms with Crippen LogP contribution in [0.3, 0.4) is 0 Å². The summed E-state index contributed by atoms with van der Waals surface area (Å²) in [7, 11) is 0. The van der Waals surface area contributed by atoms with E-state index in [9.17, 15) is 0 Å². The normalized spacial score (nSPS) is 30.0. The van der Waals surface area contributed by atoms with Crippen LogP contribution in [-0.4, -0.2) is 19.5 Å². The molecule has 0 spiro atoms. The lowest BCUT2D eigenvalue weighted by Crippen LogP contribution is -2.27. The second kappa shape index (κ2) is 35.0. The molecule has 2 aromatic carbocycles. The van der Waals surface area contributed by atoms with Crippen molar-refractivity contribution in [1.29, 1.82) is 0 Å². The van der Waals surface area contributed by atoms with E-state index in [2.05, 4.69) is 139 Å². The molecule has 1 saturated heterocycles. The Balaban J connectivity index is 0. The van der Waals surface area contributed by atoms with Gasteiger partial charge in [-0.15, -0.1) is 0 Å². The van der Waals surface area contributed by atoms with Gasteiger partial charge in [-0.25, -0.2) is 0 Å². The van der Waals surface area contributed by atoms with E-state index in [1.807, 2.05) is 6.92 Å². The second-order valence-corrected chi connectivity index (χ2v) is 20.1. The zero-order valence-electron chi connectivity index (χ0n) is 39.9. The number of benzene rings is 2. The van der Waals surface area contributed by atoms with Crippen molar-refractivity contribution in [2.45, 2.75) is 221 Å². The first-order valence-corrected chi connectivity index (χ1v) is 23.8. The molecule has 5 fully saturated rings. The summed E-state index contributed by atoms with van der Waals surface area (Å²) in [6.45, 7) is 33.1. The molecular formula is C56H104O2. The lowest BCUT2D eigenvalue weighted by atomic mass is 9.84. The van der Waals surface area contributed by atoms with Gasteiger partial charge in [-0.3, -0.25) is 0 Å². The van der Waals surface area contributed by atoms with Crippen LogP contribution in [0.2, 0.25) is 0 Å². The van der Waals surface area contributed by atoms with Gasteiger partial charge in [0.05, 0.1) is 13.2 Å². The van der Waals surface area contributed by atoms with Gasteiger partial charge in [-0.05, 0) is 82.0 Å². The summed E-state index contributed by atoms with van der Waals surface area (Å²) in [5, 5.41) is 0. The Labute approximate surface area is 366 Å². The molecule has 5 aliphatic rings. The molecule has 4 aliphatic carbocycles. The van der Waals surface area contributed by atoms with Gasteiger partial charge in [0.15, 0.2) is 6.29 Å². The molecule has 4 saturated carbocycles. The van der Waals surface area contributed by atoms with Gasteiger partial charge < -0.3 is 9.47 Å². The second-order valence-electron chi connectivity index (χ2n) is 20.1. The fraction of sp³-hybridized carbons (Fsp3) is 0.786. The highest BCUT2D eigenvalue weighted by Crippen LogP contribution is 2.29. The van der Waals surface area contributed by atoms with Gasteiger partial charge in [0, 0.05) is 5.92 Å². The van der Waals surface area contributed by atoms with Crippen LogP contribution in [-0.2, 0) is 9.47 Å². The van der Waals surface area contributed by atoms with Crippen molar-refractivity contribution < 1.29 is 9.47 Å². The van der Waals surface area contributed by atoms with Gasteiger partial charge in [0.25, 0.3) is 0 Å². The third-order valence-electron chi connectivity index (χ3n) is 12.9. The third kappa shape index (κ3) is 33.1. The van der Waals surface area contributed by atoms with Crippen molar-refractivity contribution in [2.75, 3.05) is 13.2 Å². The molecule has 58 heavy (non-hydrogen) atoms. The highest BCUT2D eigenvalue weighted by Gasteiger charge is 2.16. The lowest BCUT2D eigenvalue weighted by molar-refractivity contribution is -0.187. The molecule has 0 N–H and O–H groups in total. The van der Waals surface area contributed by atoms with Gasteiger partial charge in [0.1, 0.15) is 0 Å². The molecule has 0 atom stereocenters. The third-order valence-corrected chi connectivity index (χ3v) is 12.9. The summed E-state index contributed by atoms with van der Waals surface area (Å²) in [5.74, 6) is 8.73. The maximum absolute atomic E-state index is 5.17. The van der Waals surface area contributed by atoms with Gasteiger partial charge in [-0.2, -0.15) is 0 Å². The predicted molar refractivity (Wildman–Crippen MR) is 263 cm³/mol. The Bertz CT molecular complexity index is 878. The largest absolute Gasteiger partial charge is 0.353 e. The van der Waals surface area contributed by atoms with Crippen LogP contribution in [0.15, 0.2) is 48.5 Å². The Hall–Kier alpha value is -1.64. The predicted octanol–water partition coefficient (Wildman–Crippen LogP) is 18.2. The lowest BCUT2D eigenvalue weighted by Gasteiger charge is -2.24. The van der Waals surface area contributed by atoms with Crippen LogP contribution < -0.4 is 0 Å². The molecule has 2 aromatic rings. The van der Waals surface area contributed by atoms with E-state index in [4.69, 9.17) is 9.47 Å². The topological polar surface area (TPSA) is 18.5 Å². The fourth-order valence-electron chi connectivity index (χ4n) is 7.68. The van der Waals surface area contributed by atoms with E-state index in [-0.39, 0.29) is 21.1 Å². The van der Waals surface area contributed by atoms with E-state index < -0.39 is 0 Å². The quantitative estimate of drug-likeness (QED) is 0.264. The maximum atomic E-state index is 5.17. The summed E-state index contributed by atoms with van der Waals surface area (Å²) < 4.78 is 10.3. The maximum Gasteiger partial charge on any atom is 0.154 e. The molecule has 0 bridgehead atoms. The molecule has 1 aliphatic heterocycles. The van der Waals surface area contributed by atoms with Crippen molar-refractivity contribution in [2.24, 2.45) is 53.3 Å². The number of ether oxygens (including phenoxy) is 2. The molecule has 0 amide bonds. The Morgan fingerprint density at radius 2 is 0.414 bits per heavy atom. The van der Waals surface area contributed by atoms with Gasteiger partial charge in [0.2, 0.25) is 0 Å². The highest BCUT2D eigenvalue weighted by atomic mass is 16.7. The van der Waals surface area contributed by atoms with E-state index in [1.54, 1.807) is 0 Å². The first kappa shape index (κ1) is 58.5. The summed E-state index contributed by atoms with van der Waals surface area (Å²) in [5.41, 5.74) is 5.32. The standard InChI is InChI=1S/4C8H16.2C8H10.C6H12O2.2CH4/c6*1-7-3-5-8(2)6-4-7;1-5-3-7-6(2)8-4-5;;/h4*7-8H,3-6H2,1-2H3;2*3-6H,1-2H3;5-6H,3-4H2,1-2H3;2*1H4. The number of hydrogen-bond acceptors (Lipinski definition) is 2. The first-order valence-electron chi connectivity index (χ1n) is 23.8. The summed E-state index contributed by atoms with van der Waals surface area (Å²) in [6.07, 6.45) is 23.6. The summed E-state index contributed by atoms with van der Waals surface area (Å²) in [6, 6.07) is 17.0. The number of rotatable bonds is 0. The minimum atomic E-state index is 0. The average Bonchev–Trinajstić information content (AvgIpc) is 3.18. The van der Waals surface area contributed by atoms with Gasteiger partial charge in [-0.1, -0.05) is 251 Å². The van der Waals surface area contributed by atoms with Crippen LogP contribution in [0.1, 0.15) is 209 Å². The van der Waals surface area contributed by atoms with Crippen molar-refractivity contribution >= 4 is 0 Å². The van der Waals surface area contributed by atoms with Crippen LogP contribution >= 0.6 is 0 Å². The van der Waals surface area contributed by atoms with Crippen molar-refractivity contribution in [3.63, 3.8) is 0 Å². The van der Waals surface area contributed by atoms with Crippen LogP contribution in [0.25, 0.3) is 0 Å². The van der Waals surface area contributed by atoms with Crippen molar-refractivity contribution in [3.05, 3.63) is 70.8 Å². The SMILES string of the molecule is C.C.CC1CCC(C)CC1.CC1CCC(C)CC1.CC1CCC(C)CC1.CC1CCC(C)CC1.CC1COC(C)OC1.Cc1ccc(C)cc1.Cc1ccc(C)cc1. The zero-order valence-corrected chi connectivity index (χ0v) is 39.9. The van der Waals surface area contributed by atoms with Crippen molar-refractivity contribution in [3.8, 4) is 0 Å². The molecule has 7 rings (SSSR count). The highest BCUT2D eigenvalue weighted by molar-refractivity contribution is 5.20. The minimum absolute atomic E-state index is 0. The number of hydrogen-bond donors (Lipinski definition) is 0. The van der Waals surface area contributed by atoms with Crippen LogP contribution in [0.5, 0.6) is 0 Å². The van der Waals surface area contributed by atoms with Gasteiger partial charge >= 0.3 is 0 Å². The minimum Gasteiger partial charge on any atom is -0.353 e. The smallest absolute Gasteiger partial charge is 0.154 e. The zero-order chi connectivity index (χ0) is 41.9. The molecule has 1 heterocycles. The van der Waals surface area contributed by atoms with E-state index in [0.717, 1.165) is 60.6 Å². The molecule has 2 heteroatoms. The Kier molecular flexibility index (Phi) is 35.3. The molecule has 340 valence electrons. The Morgan fingerprint density at radius 3 is 0.534 bits per heavy atom. The first-order chi connectivity index (χ1) is 26.5. The van der Waals surface area contributed by atoms with Crippen LogP contribution in [0, 0.1) is 81.0 Å². The molecule has 0 aromatic heterocycles. The molecule has 0 unspecified atom stereocenters. The average molecular weight is 809 g/mol. The van der Waals surface area contributed by atoms with E-state index in [0.29, 0.717) is 5.92 Å². The van der Waals surface area contributed by atoms with E-state index >= 15 is 0 Å². The monoisotopic (exact) mass is 809 g/mol. The molecular weight excluding hydrogens is 705 g/mol. The van der Waals surface area contributed by atoms with E-state index in [1.165, 1.54) is 125 Å². The summed E-state index contributed by atoms with van der Waals surface area (Å²) in [4.78, 5) is 0. The molecule has 0 radical (unpaired) electrons. The van der Waals surface area contributed by atoms with Crippen molar-refractivity contribution in [1.82, 2.24) is 0 Å². The Morgan fingerprint density at radius 1 is 0.276 bits per heavy atom. The summed E-state index contributed by atoms with van der Waals surface area (Å²) >= 11 is 0. The van der Waals surface area contributed by atoms with Crippen LogP contribution in [0.4, 0.5) is 0 Å².